The number of hydrogen-bond acceptors (Lipinski definition) is 4. The maximum atomic E-state index is 12.1. The minimum atomic E-state index is -1.06. The Hall–Kier alpha value is -2.37. The first-order valence-electron chi connectivity index (χ1n) is 7.13. The quantitative estimate of drug-likeness (QED) is 0.806. The van der Waals surface area contributed by atoms with Crippen LogP contribution in [0.2, 0.25) is 0 Å². The van der Waals surface area contributed by atoms with Gasteiger partial charge in [-0.2, -0.15) is 0 Å². The maximum absolute atomic E-state index is 12.1. The first-order valence-corrected chi connectivity index (χ1v) is 7.13. The fourth-order valence-corrected chi connectivity index (χ4v) is 2.76. The van der Waals surface area contributed by atoms with E-state index in [4.69, 9.17) is 14.9 Å². The van der Waals surface area contributed by atoms with Crippen LogP contribution < -0.4 is 0 Å². The molecule has 0 saturated heterocycles. The molecular formula is C16H18O6. The third-order valence-corrected chi connectivity index (χ3v) is 3.96. The zero-order valence-corrected chi connectivity index (χ0v) is 12.0. The molecule has 0 radical (unpaired) electrons. The van der Waals surface area contributed by atoms with Gasteiger partial charge in [0, 0.05) is 0 Å². The molecule has 118 valence electrons. The molecule has 0 aromatic heterocycles. The second-order valence-electron chi connectivity index (χ2n) is 5.57. The van der Waals surface area contributed by atoms with Crippen LogP contribution in [-0.2, 0) is 25.7 Å². The van der Waals surface area contributed by atoms with Crippen molar-refractivity contribution >= 4 is 17.9 Å². The Kier molecular flexibility index (Phi) is 5.14. The molecule has 2 N–H and O–H groups in total. The molecule has 2 rings (SSSR count). The number of carbonyl (C=O) groups excluding carboxylic acids is 1. The van der Waals surface area contributed by atoms with Crippen LogP contribution in [-0.4, -0.2) is 28.1 Å². The smallest absolute Gasteiger partial charge is 0.309 e. The first-order chi connectivity index (χ1) is 10.5. The molecule has 1 fully saturated rings. The monoisotopic (exact) mass is 306 g/mol. The topological polar surface area (TPSA) is 101 Å². The molecule has 1 aromatic rings. The Morgan fingerprint density at radius 2 is 1.41 bits per heavy atom. The Bertz CT molecular complexity index is 531. The lowest BCUT2D eigenvalue weighted by atomic mass is 9.75. The predicted molar refractivity (Wildman–Crippen MR) is 75.8 cm³/mol. The summed E-state index contributed by atoms with van der Waals surface area (Å²) in [5, 5.41) is 18.2. The largest absolute Gasteiger partial charge is 0.481 e. The minimum Gasteiger partial charge on any atom is -0.481 e. The van der Waals surface area contributed by atoms with Gasteiger partial charge >= 0.3 is 17.9 Å². The van der Waals surface area contributed by atoms with Crippen LogP contribution in [0.3, 0.4) is 0 Å². The van der Waals surface area contributed by atoms with E-state index < -0.39 is 35.7 Å². The number of ether oxygens (including phenoxy) is 1. The third-order valence-electron chi connectivity index (χ3n) is 3.96. The SMILES string of the molecule is O=C(OCc1ccccc1)C1C[C@@H](C(=O)O)C[C@@H](C(=O)O)C1. The van der Waals surface area contributed by atoms with Crippen molar-refractivity contribution in [2.75, 3.05) is 0 Å². The number of carboxylic acids is 2. The second kappa shape index (κ2) is 7.06. The van der Waals surface area contributed by atoms with Crippen molar-refractivity contribution in [2.45, 2.75) is 25.9 Å². The van der Waals surface area contributed by atoms with Crippen molar-refractivity contribution in [3.8, 4) is 0 Å². The van der Waals surface area contributed by atoms with Gasteiger partial charge in [-0.1, -0.05) is 30.3 Å². The molecular weight excluding hydrogens is 288 g/mol. The van der Waals surface area contributed by atoms with Gasteiger partial charge in [-0.15, -0.1) is 0 Å². The van der Waals surface area contributed by atoms with Gasteiger partial charge in [0.1, 0.15) is 6.61 Å². The molecule has 1 aromatic carbocycles. The van der Waals surface area contributed by atoms with Crippen LogP contribution in [0, 0.1) is 17.8 Å². The number of carboxylic acid groups (broad SMARTS) is 2. The van der Waals surface area contributed by atoms with E-state index in [0.29, 0.717) is 0 Å². The van der Waals surface area contributed by atoms with Crippen molar-refractivity contribution in [2.24, 2.45) is 17.8 Å². The lowest BCUT2D eigenvalue weighted by Crippen LogP contribution is -2.35. The summed E-state index contributed by atoms with van der Waals surface area (Å²) in [6.07, 6.45) is 0.326. The fourth-order valence-electron chi connectivity index (χ4n) is 2.76. The molecule has 0 amide bonds. The highest BCUT2D eigenvalue weighted by Gasteiger charge is 2.39. The molecule has 1 aliphatic rings. The summed E-state index contributed by atoms with van der Waals surface area (Å²) in [5.74, 6) is -4.97. The van der Waals surface area contributed by atoms with Crippen LogP contribution in [0.15, 0.2) is 30.3 Å². The van der Waals surface area contributed by atoms with Crippen LogP contribution in [0.1, 0.15) is 24.8 Å². The van der Waals surface area contributed by atoms with Crippen LogP contribution in [0.25, 0.3) is 0 Å². The van der Waals surface area contributed by atoms with Gasteiger partial charge in [0.25, 0.3) is 0 Å². The molecule has 1 unspecified atom stereocenters. The second-order valence-corrected chi connectivity index (χ2v) is 5.57. The zero-order chi connectivity index (χ0) is 16.1. The molecule has 0 heterocycles. The summed E-state index contributed by atoms with van der Waals surface area (Å²) in [6.45, 7) is 0.103. The van der Waals surface area contributed by atoms with Gasteiger partial charge in [-0.3, -0.25) is 14.4 Å². The molecule has 6 heteroatoms. The summed E-state index contributed by atoms with van der Waals surface area (Å²) in [6, 6.07) is 9.12. The Labute approximate surface area is 127 Å². The van der Waals surface area contributed by atoms with Crippen molar-refractivity contribution in [1.29, 1.82) is 0 Å². The number of aliphatic carboxylic acids is 2. The lowest BCUT2D eigenvalue weighted by Gasteiger charge is -2.29. The van der Waals surface area contributed by atoms with Crippen molar-refractivity contribution in [3.63, 3.8) is 0 Å². The number of esters is 1. The highest BCUT2D eigenvalue weighted by Crippen LogP contribution is 2.34. The van der Waals surface area contributed by atoms with Crippen molar-refractivity contribution in [1.82, 2.24) is 0 Å². The number of benzene rings is 1. The van der Waals surface area contributed by atoms with Gasteiger partial charge in [0.05, 0.1) is 17.8 Å². The Morgan fingerprint density at radius 3 is 1.91 bits per heavy atom. The number of carbonyl (C=O) groups is 3. The van der Waals surface area contributed by atoms with E-state index in [-0.39, 0.29) is 25.9 Å². The summed E-state index contributed by atoms with van der Waals surface area (Å²) >= 11 is 0. The minimum absolute atomic E-state index is 0.0626. The van der Waals surface area contributed by atoms with E-state index in [1.165, 1.54) is 0 Å². The Balaban J connectivity index is 1.98. The Morgan fingerprint density at radius 1 is 0.909 bits per heavy atom. The van der Waals surface area contributed by atoms with E-state index in [1.54, 1.807) is 0 Å². The molecule has 0 spiro atoms. The number of hydrogen-bond donors (Lipinski definition) is 2. The number of rotatable bonds is 5. The highest BCUT2D eigenvalue weighted by molar-refractivity contribution is 5.79. The zero-order valence-electron chi connectivity index (χ0n) is 12.0. The van der Waals surface area contributed by atoms with Crippen LogP contribution in [0.5, 0.6) is 0 Å². The predicted octanol–water partition coefficient (Wildman–Crippen LogP) is 1.93. The lowest BCUT2D eigenvalue weighted by molar-refractivity contribution is -0.157. The van der Waals surface area contributed by atoms with E-state index >= 15 is 0 Å². The molecule has 0 bridgehead atoms. The molecule has 3 atom stereocenters. The molecule has 6 nitrogen and oxygen atoms in total. The molecule has 22 heavy (non-hydrogen) atoms. The maximum Gasteiger partial charge on any atom is 0.309 e. The summed E-state index contributed by atoms with van der Waals surface area (Å²) in [5.41, 5.74) is 0.830. The van der Waals surface area contributed by atoms with Crippen molar-refractivity contribution in [3.05, 3.63) is 35.9 Å². The summed E-state index contributed by atoms with van der Waals surface area (Å²) in [4.78, 5) is 34.3. The average Bonchev–Trinajstić information content (AvgIpc) is 2.53. The molecule has 1 aliphatic carbocycles. The highest BCUT2D eigenvalue weighted by atomic mass is 16.5. The van der Waals surface area contributed by atoms with Crippen LogP contribution in [0.4, 0.5) is 0 Å². The standard InChI is InChI=1S/C16H18O6/c17-14(18)11-6-12(15(19)20)8-13(7-11)16(21)22-9-10-4-2-1-3-5-10/h1-5,11-13H,6-9H2,(H,17,18)(H,19,20)/t11-,12+,13?. The third kappa shape index (κ3) is 4.07. The van der Waals surface area contributed by atoms with Gasteiger partial charge in [0.15, 0.2) is 0 Å². The average molecular weight is 306 g/mol. The van der Waals surface area contributed by atoms with Gasteiger partial charge in [-0.05, 0) is 24.8 Å². The normalized spacial score (nSPS) is 24.5. The van der Waals surface area contributed by atoms with Gasteiger partial charge in [-0.25, -0.2) is 0 Å². The van der Waals surface area contributed by atoms with E-state index in [9.17, 15) is 14.4 Å². The molecule has 1 saturated carbocycles. The van der Waals surface area contributed by atoms with E-state index in [2.05, 4.69) is 0 Å². The first kappa shape index (κ1) is 16.0. The van der Waals surface area contributed by atoms with Gasteiger partial charge < -0.3 is 14.9 Å². The summed E-state index contributed by atoms with van der Waals surface area (Å²) < 4.78 is 5.20. The van der Waals surface area contributed by atoms with E-state index in [1.807, 2.05) is 30.3 Å². The summed E-state index contributed by atoms with van der Waals surface area (Å²) in [7, 11) is 0. The van der Waals surface area contributed by atoms with Crippen molar-refractivity contribution < 1.29 is 29.3 Å². The van der Waals surface area contributed by atoms with Crippen LogP contribution >= 0.6 is 0 Å². The van der Waals surface area contributed by atoms with E-state index in [0.717, 1.165) is 5.56 Å². The van der Waals surface area contributed by atoms with Gasteiger partial charge in [0.2, 0.25) is 0 Å². The fraction of sp³-hybridized carbons (Fsp3) is 0.438. The molecule has 0 aliphatic heterocycles.